The third kappa shape index (κ3) is 1.81. The maximum atomic E-state index is 10.4. The lowest BCUT2D eigenvalue weighted by atomic mass is 10.3. The lowest BCUT2D eigenvalue weighted by molar-refractivity contribution is -0.990. The average Bonchev–Trinajstić information content (AvgIpc) is 1.94. The smallest absolute Gasteiger partial charge is 0.188 e. The second-order valence-corrected chi connectivity index (χ2v) is 2.47. The molecule has 0 heterocycles. The topological polar surface area (TPSA) is 73.8 Å². The van der Waals surface area contributed by atoms with Crippen LogP contribution in [0.1, 0.15) is 0 Å². The zero-order chi connectivity index (χ0) is 8.43. The summed E-state index contributed by atoms with van der Waals surface area (Å²) in [5.74, 6) is 0. The first-order valence-electron chi connectivity index (χ1n) is 2.89. The van der Waals surface area contributed by atoms with E-state index in [-0.39, 0.29) is 11.4 Å². The third-order valence-electron chi connectivity index (χ3n) is 1.25. The second-order valence-electron chi connectivity index (χ2n) is 2.04. The maximum absolute atomic E-state index is 10.4. The first kappa shape index (κ1) is 8.29. The van der Waals surface area contributed by atoms with E-state index in [9.17, 15) is 5.21 Å². The highest BCUT2D eigenvalue weighted by Gasteiger charge is 2.05. The number of hydrogen-bond donors (Lipinski definition) is 3. The minimum absolute atomic E-state index is 0.0394. The molecule has 1 aromatic carbocycles. The Morgan fingerprint density at radius 3 is 2.64 bits per heavy atom. The van der Waals surface area contributed by atoms with Crippen molar-refractivity contribution in [3.8, 4) is 0 Å². The van der Waals surface area contributed by atoms with Gasteiger partial charge in [0.1, 0.15) is 0 Å². The zero-order valence-electron chi connectivity index (χ0n) is 5.54. The number of halogens is 1. The van der Waals surface area contributed by atoms with E-state index in [4.69, 9.17) is 22.5 Å². The van der Waals surface area contributed by atoms with Gasteiger partial charge in [0.2, 0.25) is 0 Å². The van der Waals surface area contributed by atoms with Crippen LogP contribution in [0.4, 0.5) is 11.4 Å². The van der Waals surface area contributed by atoms with Crippen LogP contribution in [0.3, 0.4) is 0 Å². The van der Waals surface area contributed by atoms with Gasteiger partial charge in [0.25, 0.3) is 0 Å². The molecule has 0 aliphatic rings. The van der Waals surface area contributed by atoms with Crippen LogP contribution in [0.2, 0.25) is 5.02 Å². The van der Waals surface area contributed by atoms with E-state index < -0.39 is 5.23 Å². The van der Waals surface area contributed by atoms with Crippen molar-refractivity contribution in [1.29, 1.82) is 0 Å². The van der Waals surface area contributed by atoms with Crippen LogP contribution in [0.5, 0.6) is 0 Å². The van der Waals surface area contributed by atoms with E-state index >= 15 is 0 Å². The predicted octanol–water partition coefficient (Wildman–Crippen LogP) is 0.326. The van der Waals surface area contributed by atoms with Crippen molar-refractivity contribution in [3.63, 3.8) is 0 Å². The third-order valence-corrected chi connectivity index (χ3v) is 1.48. The van der Waals surface area contributed by atoms with Crippen molar-refractivity contribution in [2.45, 2.75) is 0 Å². The Kier molecular flexibility index (Phi) is 2.31. The van der Waals surface area contributed by atoms with Crippen molar-refractivity contribution < 1.29 is 10.4 Å². The normalized spacial score (nSPS) is 13.0. The SMILES string of the molecule is Nc1ccc(Cl)cc1[NH+]([O-])O. The van der Waals surface area contributed by atoms with Gasteiger partial charge in [-0.1, -0.05) is 11.6 Å². The Hall–Kier alpha value is -0.810. The van der Waals surface area contributed by atoms with Crippen LogP contribution in [-0.2, 0) is 0 Å². The van der Waals surface area contributed by atoms with Crippen molar-refractivity contribution in [1.82, 2.24) is 0 Å². The Balaban J connectivity index is 3.13. The van der Waals surface area contributed by atoms with Gasteiger partial charge in [-0.3, -0.25) is 0 Å². The summed E-state index contributed by atoms with van der Waals surface area (Å²) < 4.78 is 0. The van der Waals surface area contributed by atoms with Gasteiger partial charge in [0.15, 0.2) is 5.69 Å². The summed E-state index contributed by atoms with van der Waals surface area (Å²) in [5.41, 5.74) is 5.61. The largest absolute Gasteiger partial charge is 0.595 e. The molecular weight excluding hydrogens is 168 g/mol. The number of hydrogen-bond acceptors (Lipinski definition) is 3. The van der Waals surface area contributed by atoms with Crippen molar-refractivity contribution in [3.05, 3.63) is 28.4 Å². The summed E-state index contributed by atoms with van der Waals surface area (Å²) in [5, 5.41) is 18.3. The highest BCUT2D eigenvalue weighted by molar-refractivity contribution is 6.30. The molecule has 0 aromatic heterocycles. The highest BCUT2D eigenvalue weighted by atomic mass is 35.5. The summed E-state index contributed by atoms with van der Waals surface area (Å²) in [6, 6.07) is 4.33. The van der Waals surface area contributed by atoms with Crippen LogP contribution in [0.25, 0.3) is 0 Å². The fourth-order valence-electron chi connectivity index (χ4n) is 0.714. The molecule has 0 bridgehead atoms. The van der Waals surface area contributed by atoms with Crippen LogP contribution >= 0.6 is 11.6 Å². The minimum Gasteiger partial charge on any atom is -0.595 e. The van der Waals surface area contributed by atoms with Gasteiger partial charge < -0.3 is 10.9 Å². The van der Waals surface area contributed by atoms with E-state index in [1.54, 1.807) is 6.07 Å². The van der Waals surface area contributed by atoms with E-state index in [1.165, 1.54) is 12.1 Å². The summed E-state index contributed by atoms with van der Waals surface area (Å²) in [6.07, 6.45) is 0. The molecule has 1 unspecified atom stereocenters. The van der Waals surface area contributed by atoms with Gasteiger partial charge >= 0.3 is 0 Å². The van der Waals surface area contributed by atoms with E-state index in [0.717, 1.165) is 0 Å². The number of rotatable bonds is 1. The molecule has 11 heavy (non-hydrogen) atoms. The summed E-state index contributed by atoms with van der Waals surface area (Å²) in [4.78, 5) is 0. The van der Waals surface area contributed by atoms with E-state index in [2.05, 4.69) is 0 Å². The number of quaternary nitrogens is 1. The quantitative estimate of drug-likeness (QED) is 0.424. The number of nitrogens with one attached hydrogen (secondary N) is 1. The molecule has 0 saturated carbocycles. The molecule has 0 fully saturated rings. The molecule has 4 nitrogen and oxygen atoms in total. The lowest BCUT2D eigenvalue weighted by Crippen LogP contribution is -2.99. The van der Waals surface area contributed by atoms with Crippen LogP contribution < -0.4 is 11.0 Å². The number of benzene rings is 1. The molecule has 0 aliphatic heterocycles. The molecule has 4 N–H and O–H groups in total. The molecule has 1 rings (SSSR count). The molecule has 0 radical (unpaired) electrons. The van der Waals surface area contributed by atoms with Crippen molar-refractivity contribution in [2.24, 2.45) is 0 Å². The van der Waals surface area contributed by atoms with E-state index in [0.29, 0.717) is 5.02 Å². The standard InChI is InChI=1S/C6H7ClN2O2/c7-4-1-2-5(8)6(3-4)9(10)11/h1-3,9-10H,8H2. The minimum atomic E-state index is -1.06. The van der Waals surface area contributed by atoms with E-state index in [1.807, 2.05) is 0 Å². The Labute approximate surface area is 68.3 Å². The van der Waals surface area contributed by atoms with Crippen molar-refractivity contribution in [2.75, 3.05) is 5.73 Å². The Morgan fingerprint density at radius 1 is 1.55 bits per heavy atom. The molecule has 1 atom stereocenters. The molecule has 1 aromatic rings. The molecule has 0 amide bonds. The number of nitrogen functional groups attached to an aromatic ring is 1. The maximum Gasteiger partial charge on any atom is 0.188 e. The van der Waals surface area contributed by atoms with Crippen LogP contribution in [-0.4, -0.2) is 5.21 Å². The fourth-order valence-corrected chi connectivity index (χ4v) is 0.886. The van der Waals surface area contributed by atoms with Crippen LogP contribution in [0, 0.1) is 5.21 Å². The average molecular weight is 175 g/mol. The molecular formula is C6H7ClN2O2. The van der Waals surface area contributed by atoms with Gasteiger partial charge in [-0.2, -0.15) is 5.23 Å². The number of anilines is 1. The van der Waals surface area contributed by atoms with Gasteiger partial charge in [-0.05, 0) is 12.1 Å². The van der Waals surface area contributed by atoms with Crippen LogP contribution in [0.15, 0.2) is 18.2 Å². The predicted molar refractivity (Wildman–Crippen MR) is 41.6 cm³/mol. The fraction of sp³-hybridized carbons (Fsp3) is 0. The van der Waals surface area contributed by atoms with Gasteiger partial charge in [0, 0.05) is 11.1 Å². The highest BCUT2D eigenvalue weighted by Crippen LogP contribution is 2.18. The Bertz CT molecular complexity index is 265. The molecule has 5 heteroatoms. The Morgan fingerprint density at radius 2 is 2.18 bits per heavy atom. The second kappa shape index (κ2) is 3.06. The first-order chi connectivity index (χ1) is 5.11. The molecule has 0 spiro atoms. The van der Waals surface area contributed by atoms with Gasteiger partial charge in [-0.15, -0.1) is 0 Å². The lowest BCUT2D eigenvalue weighted by Gasteiger charge is -2.13. The summed E-state index contributed by atoms with van der Waals surface area (Å²) in [7, 11) is 0. The summed E-state index contributed by atoms with van der Waals surface area (Å²) >= 11 is 5.54. The van der Waals surface area contributed by atoms with Gasteiger partial charge in [0.05, 0.1) is 5.69 Å². The molecule has 0 aliphatic carbocycles. The first-order valence-corrected chi connectivity index (χ1v) is 3.27. The zero-order valence-corrected chi connectivity index (χ0v) is 6.30. The van der Waals surface area contributed by atoms with Crippen molar-refractivity contribution >= 4 is 23.0 Å². The monoisotopic (exact) mass is 174 g/mol. The summed E-state index contributed by atoms with van der Waals surface area (Å²) in [6.45, 7) is 0. The molecule has 0 saturated heterocycles. The van der Waals surface area contributed by atoms with Gasteiger partial charge in [-0.25, -0.2) is 5.21 Å². The number of nitrogens with two attached hydrogens (primary N) is 1. The molecule has 60 valence electrons.